The van der Waals surface area contributed by atoms with Gasteiger partial charge in [0.15, 0.2) is 0 Å². The van der Waals surface area contributed by atoms with Crippen molar-refractivity contribution in [1.29, 1.82) is 0 Å². The molecule has 0 aliphatic rings. The molecule has 0 saturated carbocycles. The monoisotopic (exact) mass is 403 g/mol. The molecule has 0 aliphatic heterocycles. The largest absolute Gasteiger partial charge is 0.319 e. The molecular weight excluding hydrogens is 364 g/mol. The van der Waals surface area contributed by atoms with Gasteiger partial charge in [0, 0.05) is 18.0 Å². The van der Waals surface area contributed by atoms with Gasteiger partial charge in [-0.15, -0.1) is 12.4 Å². The first-order valence-electron chi connectivity index (χ1n) is 10.1. The summed E-state index contributed by atoms with van der Waals surface area (Å²) in [5.41, 5.74) is 2.83. The maximum absolute atomic E-state index is 3.84. The van der Waals surface area contributed by atoms with Gasteiger partial charge in [-0.05, 0) is 32.2 Å². The van der Waals surface area contributed by atoms with Gasteiger partial charge >= 0.3 is 0 Å². The summed E-state index contributed by atoms with van der Waals surface area (Å²) in [5.74, 6) is 0. The van der Waals surface area contributed by atoms with Crippen molar-refractivity contribution in [3.63, 3.8) is 0 Å². The van der Waals surface area contributed by atoms with E-state index >= 15 is 0 Å². The van der Waals surface area contributed by atoms with Gasteiger partial charge in [0.25, 0.3) is 0 Å². The van der Waals surface area contributed by atoms with Crippen LogP contribution in [0.1, 0.15) is 49.9 Å². The lowest BCUT2D eigenvalue weighted by Crippen LogP contribution is -2.42. The van der Waals surface area contributed by atoms with Crippen molar-refractivity contribution in [2.45, 2.75) is 38.8 Å². The standard InChI is InChI=1S/C14H22N.C11H17N.ClH/c1-5-12-15(3,4)14(6-2)13-10-8-7-9-11-13;1-4-11(12(2)3)10-8-6-5-7-9-10;/h5,7-11,14H,1,6,12H2,2-4H3;5-9,11H,4H2,1-3H3;1H/q+1;;. The van der Waals surface area contributed by atoms with Crippen LogP contribution < -0.4 is 0 Å². The molecule has 0 spiro atoms. The predicted octanol–water partition coefficient (Wildman–Crippen LogP) is 6.52. The Kier molecular flexibility index (Phi) is 12.8. The van der Waals surface area contributed by atoms with E-state index in [0.717, 1.165) is 23.9 Å². The third-order valence-corrected chi connectivity index (χ3v) is 5.21. The zero-order valence-corrected chi connectivity index (χ0v) is 19.5. The van der Waals surface area contributed by atoms with E-state index in [0.29, 0.717) is 12.1 Å². The van der Waals surface area contributed by atoms with Gasteiger partial charge in [0.2, 0.25) is 0 Å². The second kappa shape index (κ2) is 13.5. The third-order valence-electron chi connectivity index (χ3n) is 5.21. The zero-order valence-electron chi connectivity index (χ0n) is 18.6. The van der Waals surface area contributed by atoms with E-state index in [1.54, 1.807) is 0 Å². The number of likely N-dealkylation sites (N-methyl/N-ethyl adjacent to an activating group) is 1. The average Bonchev–Trinajstić information content (AvgIpc) is 2.64. The second-order valence-corrected chi connectivity index (χ2v) is 7.88. The van der Waals surface area contributed by atoms with Crippen molar-refractivity contribution in [1.82, 2.24) is 4.90 Å². The highest BCUT2D eigenvalue weighted by Gasteiger charge is 2.26. The minimum absolute atomic E-state index is 0. The smallest absolute Gasteiger partial charge is 0.114 e. The van der Waals surface area contributed by atoms with E-state index in [1.165, 1.54) is 11.1 Å². The molecule has 2 nitrogen and oxygen atoms in total. The molecule has 28 heavy (non-hydrogen) atoms. The first kappa shape index (κ1) is 26.4. The van der Waals surface area contributed by atoms with Crippen LogP contribution in [0.25, 0.3) is 0 Å². The molecule has 2 unspecified atom stereocenters. The summed E-state index contributed by atoms with van der Waals surface area (Å²) < 4.78 is 0.976. The molecule has 3 heteroatoms. The highest BCUT2D eigenvalue weighted by Crippen LogP contribution is 2.27. The van der Waals surface area contributed by atoms with Crippen molar-refractivity contribution in [2.24, 2.45) is 0 Å². The second-order valence-electron chi connectivity index (χ2n) is 7.88. The van der Waals surface area contributed by atoms with E-state index in [1.807, 2.05) is 6.08 Å². The fourth-order valence-electron chi connectivity index (χ4n) is 3.84. The Balaban J connectivity index is 0.000000514. The van der Waals surface area contributed by atoms with Gasteiger partial charge in [0.1, 0.15) is 6.04 Å². The van der Waals surface area contributed by atoms with Crippen LogP contribution in [-0.4, -0.2) is 44.1 Å². The molecule has 2 aromatic carbocycles. The maximum Gasteiger partial charge on any atom is 0.114 e. The Hall–Kier alpha value is -1.61. The lowest BCUT2D eigenvalue weighted by atomic mass is 10.0. The minimum atomic E-state index is 0. The van der Waals surface area contributed by atoms with Crippen LogP contribution in [0.15, 0.2) is 73.3 Å². The Morgan fingerprint density at radius 2 is 1.32 bits per heavy atom. The third kappa shape index (κ3) is 8.18. The number of hydrogen-bond acceptors (Lipinski definition) is 1. The van der Waals surface area contributed by atoms with Crippen LogP contribution in [0.4, 0.5) is 0 Å². The van der Waals surface area contributed by atoms with Crippen molar-refractivity contribution >= 4 is 12.4 Å². The van der Waals surface area contributed by atoms with Gasteiger partial charge in [0.05, 0.1) is 20.6 Å². The molecule has 0 heterocycles. The first-order valence-corrected chi connectivity index (χ1v) is 10.1. The first-order chi connectivity index (χ1) is 12.9. The number of benzene rings is 2. The summed E-state index contributed by atoms with van der Waals surface area (Å²) in [5, 5.41) is 0. The minimum Gasteiger partial charge on any atom is -0.319 e. The van der Waals surface area contributed by atoms with Crippen LogP contribution in [0.3, 0.4) is 0 Å². The number of hydrogen-bond donors (Lipinski definition) is 0. The van der Waals surface area contributed by atoms with E-state index in [4.69, 9.17) is 0 Å². The Morgan fingerprint density at radius 3 is 1.68 bits per heavy atom. The molecule has 0 fully saturated rings. The lowest BCUT2D eigenvalue weighted by Gasteiger charge is -2.37. The molecule has 0 aromatic heterocycles. The van der Waals surface area contributed by atoms with Gasteiger partial charge in [-0.3, -0.25) is 0 Å². The number of nitrogens with zero attached hydrogens (tertiary/aromatic N) is 2. The van der Waals surface area contributed by atoms with E-state index in [2.05, 4.69) is 114 Å². The quantitative estimate of drug-likeness (QED) is 0.358. The van der Waals surface area contributed by atoms with E-state index < -0.39 is 0 Å². The van der Waals surface area contributed by atoms with Crippen LogP contribution in [0, 0.1) is 0 Å². The summed E-state index contributed by atoms with van der Waals surface area (Å²) in [7, 11) is 8.79. The van der Waals surface area contributed by atoms with Crippen molar-refractivity contribution in [3.8, 4) is 0 Å². The molecule has 0 N–H and O–H groups in total. The normalized spacial score (nSPS) is 13.0. The van der Waals surface area contributed by atoms with Crippen molar-refractivity contribution in [3.05, 3.63) is 84.4 Å². The van der Waals surface area contributed by atoms with Crippen LogP contribution in [-0.2, 0) is 0 Å². The zero-order chi connectivity index (χ0) is 20.3. The molecule has 0 radical (unpaired) electrons. The average molecular weight is 404 g/mol. The summed E-state index contributed by atoms with van der Waals surface area (Å²) in [6.45, 7) is 9.32. The van der Waals surface area contributed by atoms with Crippen LogP contribution >= 0.6 is 12.4 Å². The summed E-state index contributed by atoms with van der Waals surface area (Å²) >= 11 is 0. The molecule has 0 saturated heterocycles. The number of rotatable bonds is 8. The molecule has 2 rings (SSSR count). The van der Waals surface area contributed by atoms with Gasteiger partial charge < -0.3 is 9.38 Å². The Labute approximate surface area is 179 Å². The Bertz CT molecular complexity index is 638. The fourth-order valence-corrected chi connectivity index (χ4v) is 3.84. The highest BCUT2D eigenvalue weighted by molar-refractivity contribution is 5.85. The predicted molar refractivity (Wildman–Crippen MR) is 127 cm³/mol. The topological polar surface area (TPSA) is 3.24 Å². The summed E-state index contributed by atoms with van der Waals surface area (Å²) in [6, 6.07) is 22.5. The highest BCUT2D eigenvalue weighted by atomic mass is 35.5. The summed E-state index contributed by atoms with van der Waals surface area (Å²) in [6.07, 6.45) is 4.33. The lowest BCUT2D eigenvalue weighted by molar-refractivity contribution is -0.915. The molecule has 0 amide bonds. The molecule has 156 valence electrons. The van der Waals surface area contributed by atoms with Gasteiger partial charge in [-0.1, -0.05) is 81.1 Å². The molecular formula is C25H40ClN2+. The van der Waals surface area contributed by atoms with Crippen LogP contribution in [0.5, 0.6) is 0 Å². The molecule has 2 atom stereocenters. The Morgan fingerprint density at radius 1 is 0.857 bits per heavy atom. The summed E-state index contributed by atoms with van der Waals surface area (Å²) in [4.78, 5) is 2.26. The van der Waals surface area contributed by atoms with Gasteiger partial charge in [-0.25, -0.2) is 0 Å². The number of halogens is 1. The van der Waals surface area contributed by atoms with Gasteiger partial charge in [-0.2, -0.15) is 0 Å². The van der Waals surface area contributed by atoms with E-state index in [9.17, 15) is 0 Å². The fraction of sp³-hybridized carbons (Fsp3) is 0.440. The SMILES string of the molecule is C=CC[N+](C)(C)C(CC)c1ccccc1.CCC(c1ccccc1)N(C)C.Cl. The van der Waals surface area contributed by atoms with E-state index in [-0.39, 0.29) is 12.4 Å². The van der Waals surface area contributed by atoms with Crippen LogP contribution in [0.2, 0.25) is 0 Å². The molecule has 0 aliphatic carbocycles. The van der Waals surface area contributed by atoms with Crippen molar-refractivity contribution < 1.29 is 4.48 Å². The maximum atomic E-state index is 3.84. The molecule has 0 bridgehead atoms. The number of quaternary nitrogens is 1. The van der Waals surface area contributed by atoms with Crippen molar-refractivity contribution in [2.75, 3.05) is 34.7 Å². The molecule has 2 aromatic rings.